The number of hydrogen-bond donors (Lipinski definition) is 1. The number of rotatable bonds is 3. The minimum atomic E-state index is -0.453. The zero-order chi connectivity index (χ0) is 14.8. The van der Waals surface area contributed by atoms with Crippen molar-refractivity contribution in [3.05, 3.63) is 64.7 Å². The van der Waals surface area contributed by atoms with Gasteiger partial charge < -0.3 is 9.84 Å². The van der Waals surface area contributed by atoms with Crippen LogP contribution >= 0.6 is 0 Å². The molecule has 0 unspecified atom stereocenters. The van der Waals surface area contributed by atoms with Gasteiger partial charge in [0.15, 0.2) is 6.79 Å². The Morgan fingerprint density at radius 3 is 2.67 bits per heavy atom. The maximum Gasteiger partial charge on any atom is 0.266 e. The van der Waals surface area contributed by atoms with Crippen molar-refractivity contribution in [2.75, 3.05) is 6.79 Å². The van der Waals surface area contributed by atoms with Crippen molar-refractivity contribution in [3.8, 4) is 11.4 Å². The molecular weight excluding hydrogens is 268 g/mol. The Kier molecular flexibility index (Phi) is 3.41. The summed E-state index contributed by atoms with van der Waals surface area (Å²) in [7, 11) is 0. The smallest absolute Gasteiger partial charge is 0.266 e. The zero-order valence-electron chi connectivity index (χ0n) is 11.5. The average molecular weight is 282 g/mol. The third kappa shape index (κ3) is 2.28. The summed E-state index contributed by atoms with van der Waals surface area (Å²) in [6, 6.07) is 14.3. The molecule has 5 nitrogen and oxygen atoms in total. The average Bonchev–Trinajstić information content (AvgIpc) is 2.49. The first-order valence-electron chi connectivity index (χ1n) is 6.54. The maximum absolute atomic E-state index is 12.7. The minimum Gasteiger partial charge on any atom is -0.466 e. The van der Waals surface area contributed by atoms with Crippen LogP contribution in [0.15, 0.2) is 53.3 Å². The molecule has 0 atom stereocenters. The van der Waals surface area contributed by atoms with Crippen molar-refractivity contribution in [1.29, 1.82) is 0 Å². The standard InChI is InChI=1S/C16H14N2O3/c1-11-17-13-7-3-2-6-12(13)16(20)18(11)14-8-4-5-9-15(14)21-10-19/h2-9,19H,10H2,1H3. The third-order valence-corrected chi connectivity index (χ3v) is 3.27. The van der Waals surface area contributed by atoms with E-state index in [-0.39, 0.29) is 5.56 Å². The summed E-state index contributed by atoms with van der Waals surface area (Å²) in [6.45, 7) is 1.31. The van der Waals surface area contributed by atoms with Crippen LogP contribution in [0.2, 0.25) is 0 Å². The van der Waals surface area contributed by atoms with E-state index in [0.717, 1.165) is 0 Å². The van der Waals surface area contributed by atoms with Crippen molar-refractivity contribution < 1.29 is 9.84 Å². The number of hydrogen-bond acceptors (Lipinski definition) is 4. The molecular formula is C16H14N2O3. The molecule has 1 heterocycles. The van der Waals surface area contributed by atoms with Crippen molar-refractivity contribution in [1.82, 2.24) is 9.55 Å². The second-order valence-electron chi connectivity index (χ2n) is 4.56. The van der Waals surface area contributed by atoms with Gasteiger partial charge in [-0.2, -0.15) is 0 Å². The molecule has 0 aliphatic carbocycles. The largest absolute Gasteiger partial charge is 0.466 e. The van der Waals surface area contributed by atoms with Crippen LogP contribution in [-0.2, 0) is 0 Å². The lowest BCUT2D eigenvalue weighted by atomic mass is 10.2. The maximum atomic E-state index is 12.7. The van der Waals surface area contributed by atoms with E-state index >= 15 is 0 Å². The minimum absolute atomic E-state index is 0.160. The van der Waals surface area contributed by atoms with Crippen LogP contribution in [0.3, 0.4) is 0 Å². The molecule has 2 aromatic carbocycles. The molecule has 3 rings (SSSR count). The molecule has 0 saturated heterocycles. The Morgan fingerprint density at radius 2 is 1.86 bits per heavy atom. The summed E-state index contributed by atoms with van der Waals surface area (Å²) in [5.74, 6) is 0.995. The Bertz CT molecular complexity index is 856. The van der Waals surface area contributed by atoms with E-state index in [9.17, 15) is 4.79 Å². The van der Waals surface area contributed by atoms with E-state index in [4.69, 9.17) is 9.84 Å². The number of ether oxygens (including phenoxy) is 1. The normalized spacial score (nSPS) is 10.8. The van der Waals surface area contributed by atoms with Gasteiger partial charge in [-0.3, -0.25) is 9.36 Å². The summed E-state index contributed by atoms with van der Waals surface area (Å²) in [5, 5.41) is 9.52. The van der Waals surface area contributed by atoms with E-state index in [1.807, 2.05) is 12.1 Å². The summed E-state index contributed by atoms with van der Waals surface area (Å²) in [5.41, 5.74) is 1.07. The van der Waals surface area contributed by atoms with Gasteiger partial charge in [-0.15, -0.1) is 0 Å². The highest BCUT2D eigenvalue weighted by atomic mass is 16.6. The Labute approximate surface area is 121 Å². The molecule has 1 aromatic heterocycles. The molecule has 0 amide bonds. The highest BCUT2D eigenvalue weighted by molar-refractivity contribution is 5.78. The number of para-hydroxylation sites is 3. The first-order valence-corrected chi connectivity index (χ1v) is 6.54. The van der Waals surface area contributed by atoms with Crippen LogP contribution < -0.4 is 10.3 Å². The molecule has 0 aliphatic rings. The van der Waals surface area contributed by atoms with Crippen LogP contribution in [-0.4, -0.2) is 21.5 Å². The van der Waals surface area contributed by atoms with E-state index < -0.39 is 6.79 Å². The predicted molar refractivity (Wildman–Crippen MR) is 79.8 cm³/mol. The molecule has 106 valence electrons. The molecule has 0 saturated carbocycles. The lowest BCUT2D eigenvalue weighted by molar-refractivity contribution is 0.0983. The van der Waals surface area contributed by atoms with Gasteiger partial charge in [0, 0.05) is 0 Å². The lowest BCUT2D eigenvalue weighted by Crippen LogP contribution is -2.22. The van der Waals surface area contributed by atoms with Crippen LogP contribution in [0.5, 0.6) is 5.75 Å². The van der Waals surface area contributed by atoms with Gasteiger partial charge in [-0.25, -0.2) is 4.98 Å². The van der Waals surface area contributed by atoms with Crippen molar-refractivity contribution in [2.45, 2.75) is 6.92 Å². The Morgan fingerprint density at radius 1 is 1.14 bits per heavy atom. The Hall–Kier alpha value is -2.66. The van der Waals surface area contributed by atoms with Crippen molar-refractivity contribution >= 4 is 10.9 Å². The fourth-order valence-corrected chi connectivity index (χ4v) is 2.36. The van der Waals surface area contributed by atoms with E-state index in [0.29, 0.717) is 28.2 Å². The third-order valence-electron chi connectivity index (χ3n) is 3.27. The van der Waals surface area contributed by atoms with Crippen molar-refractivity contribution in [2.24, 2.45) is 0 Å². The first kappa shape index (κ1) is 13.3. The number of fused-ring (bicyclic) bond motifs is 1. The van der Waals surface area contributed by atoms with Crippen molar-refractivity contribution in [3.63, 3.8) is 0 Å². The number of aromatic nitrogens is 2. The fraction of sp³-hybridized carbons (Fsp3) is 0.125. The highest BCUT2D eigenvalue weighted by Gasteiger charge is 2.13. The van der Waals surface area contributed by atoms with Gasteiger partial charge in [0.05, 0.1) is 16.6 Å². The van der Waals surface area contributed by atoms with Crippen LogP contribution in [0.1, 0.15) is 5.82 Å². The van der Waals surface area contributed by atoms with Gasteiger partial charge in [0.2, 0.25) is 0 Å². The molecule has 0 fully saturated rings. The summed E-state index contributed by atoms with van der Waals surface area (Å²) < 4.78 is 6.67. The number of aliphatic hydroxyl groups is 1. The van der Waals surface area contributed by atoms with Gasteiger partial charge in [0.25, 0.3) is 5.56 Å². The van der Waals surface area contributed by atoms with Gasteiger partial charge in [-0.1, -0.05) is 24.3 Å². The fourth-order valence-electron chi connectivity index (χ4n) is 2.36. The summed E-state index contributed by atoms with van der Waals surface area (Å²) in [6.07, 6.45) is 0. The quantitative estimate of drug-likeness (QED) is 0.746. The van der Waals surface area contributed by atoms with Crippen LogP contribution in [0.4, 0.5) is 0 Å². The number of aliphatic hydroxyl groups excluding tert-OH is 1. The Balaban J connectivity index is 2.33. The summed E-state index contributed by atoms with van der Waals surface area (Å²) >= 11 is 0. The van der Waals surface area contributed by atoms with E-state index in [1.165, 1.54) is 4.57 Å². The SMILES string of the molecule is Cc1nc2ccccc2c(=O)n1-c1ccccc1OCO. The molecule has 1 N–H and O–H groups in total. The molecule has 0 spiro atoms. The molecule has 0 bridgehead atoms. The predicted octanol–water partition coefficient (Wildman–Crippen LogP) is 2.02. The monoisotopic (exact) mass is 282 g/mol. The zero-order valence-corrected chi connectivity index (χ0v) is 11.5. The van der Waals surface area contributed by atoms with E-state index in [2.05, 4.69) is 4.98 Å². The number of aryl methyl sites for hydroxylation is 1. The highest BCUT2D eigenvalue weighted by Crippen LogP contribution is 2.22. The number of nitrogens with zero attached hydrogens (tertiary/aromatic N) is 2. The van der Waals surface area contributed by atoms with Gasteiger partial charge in [0.1, 0.15) is 11.6 Å². The first-order chi connectivity index (χ1) is 10.2. The van der Waals surface area contributed by atoms with Gasteiger partial charge >= 0.3 is 0 Å². The second kappa shape index (κ2) is 5.38. The lowest BCUT2D eigenvalue weighted by Gasteiger charge is -2.14. The topological polar surface area (TPSA) is 64.4 Å². The van der Waals surface area contributed by atoms with Crippen LogP contribution in [0, 0.1) is 6.92 Å². The van der Waals surface area contributed by atoms with Crippen LogP contribution in [0.25, 0.3) is 16.6 Å². The molecule has 0 aliphatic heterocycles. The molecule has 5 heteroatoms. The van der Waals surface area contributed by atoms with Gasteiger partial charge in [-0.05, 0) is 31.2 Å². The molecule has 3 aromatic rings. The summed E-state index contributed by atoms with van der Waals surface area (Å²) in [4.78, 5) is 17.2. The second-order valence-corrected chi connectivity index (χ2v) is 4.56. The van der Waals surface area contributed by atoms with E-state index in [1.54, 1.807) is 43.3 Å². The molecule has 21 heavy (non-hydrogen) atoms. The number of benzene rings is 2. The molecule has 0 radical (unpaired) electrons.